The van der Waals surface area contributed by atoms with Crippen LogP contribution in [0, 0.1) is 0 Å². The third-order valence-electron chi connectivity index (χ3n) is 5.17. The molecule has 0 radical (unpaired) electrons. The highest BCUT2D eigenvalue weighted by molar-refractivity contribution is 5.78. The summed E-state index contributed by atoms with van der Waals surface area (Å²) in [7, 11) is 0. The zero-order valence-corrected chi connectivity index (χ0v) is 14.8. The Bertz CT molecular complexity index is 743. The van der Waals surface area contributed by atoms with Crippen LogP contribution in [0.3, 0.4) is 0 Å². The Hall–Kier alpha value is -2.37. The number of hydrogen-bond donors (Lipinski definition) is 1. The topological polar surface area (TPSA) is 50.8 Å². The molecule has 2 saturated heterocycles. The number of para-hydroxylation sites is 1. The molecule has 0 saturated carbocycles. The van der Waals surface area contributed by atoms with E-state index in [1.165, 1.54) is 5.56 Å². The van der Waals surface area contributed by atoms with Crippen molar-refractivity contribution in [3.63, 3.8) is 0 Å². The van der Waals surface area contributed by atoms with Gasteiger partial charge in [-0.2, -0.15) is 0 Å². The lowest BCUT2D eigenvalue weighted by molar-refractivity contribution is -0.150. The van der Waals surface area contributed by atoms with Gasteiger partial charge in [-0.05, 0) is 42.7 Å². The average molecular weight is 352 g/mol. The van der Waals surface area contributed by atoms with Crippen LogP contribution in [0.4, 0.5) is 0 Å². The van der Waals surface area contributed by atoms with Crippen LogP contribution in [0.1, 0.15) is 18.4 Å². The third-order valence-corrected chi connectivity index (χ3v) is 5.17. The molecule has 136 valence electrons. The zero-order valence-electron chi connectivity index (χ0n) is 14.8. The van der Waals surface area contributed by atoms with Gasteiger partial charge < -0.3 is 14.8 Å². The van der Waals surface area contributed by atoms with Crippen LogP contribution in [-0.2, 0) is 16.1 Å². The SMILES string of the molecule is O=C1COC2(CCN(Cc3cccc(Oc4ccccc4)c3)CC2)CN1. The minimum atomic E-state index is -0.164. The second kappa shape index (κ2) is 7.48. The van der Waals surface area contributed by atoms with Crippen LogP contribution in [0.25, 0.3) is 0 Å². The van der Waals surface area contributed by atoms with E-state index in [1.54, 1.807) is 0 Å². The third kappa shape index (κ3) is 4.06. The Morgan fingerprint density at radius 2 is 1.81 bits per heavy atom. The number of morpholine rings is 1. The number of rotatable bonds is 4. The first-order valence-corrected chi connectivity index (χ1v) is 9.16. The normalized spacial score (nSPS) is 19.9. The van der Waals surface area contributed by atoms with Crippen molar-refractivity contribution < 1.29 is 14.3 Å². The van der Waals surface area contributed by atoms with E-state index in [1.807, 2.05) is 42.5 Å². The number of likely N-dealkylation sites (tertiary alicyclic amines) is 1. The molecule has 0 unspecified atom stereocenters. The summed E-state index contributed by atoms with van der Waals surface area (Å²) in [6, 6.07) is 18.1. The predicted molar refractivity (Wildman–Crippen MR) is 99.2 cm³/mol. The minimum Gasteiger partial charge on any atom is -0.457 e. The summed E-state index contributed by atoms with van der Waals surface area (Å²) < 4.78 is 11.8. The summed E-state index contributed by atoms with van der Waals surface area (Å²) in [5.74, 6) is 1.70. The van der Waals surface area contributed by atoms with E-state index in [9.17, 15) is 4.79 Å². The second-order valence-corrected chi connectivity index (χ2v) is 7.09. The lowest BCUT2D eigenvalue weighted by Gasteiger charge is -2.43. The molecule has 0 aromatic heterocycles. The Balaban J connectivity index is 1.34. The molecule has 0 atom stereocenters. The number of carbonyl (C=O) groups excluding carboxylic acids is 1. The molecular weight excluding hydrogens is 328 g/mol. The van der Waals surface area contributed by atoms with E-state index in [0.717, 1.165) is 44.0 Å². The van der Waals surface area contributed by atoms with Gasteiger partial charge >= 0.3 is 0 Å². The Kier molecular flexibility index (Phi) is 4.91. The smallest absolute Gasteiger partial charge is 0.246 e. The molecule has 26 heavy (non-hydrogen) atoms. The summed E-state index contributed by atoms with van der Waals surface area (Å²) in [6.07, 6.45) is 1.90. The molecule has 2 heterocycles. The molecule has 1 amide bonds. The molecule has 5 nitrogen and oxygen atoms in total. The van der Waals surface area contributed by atoms with Crippen molar-refractivity contribution >= 4 is 5.91 Å². The van der Waals surface area contributed by atoms with Crippen LogP contribution < -0.4 is 10.1 Å². The molecule has 5 heteroatoms. The molecule has 2 aliphatic rings. The van der Waals surface area contributed by atoms with Crippen LogP contribution in [0.5, 0.6) is 11.5 Å². The molecule has 1 spiro atoms. The van der Waals surface area contributed by atoms with Gasteiger partial charge in [-0.25, -0.2) is 0 Å². The molecule has 0 bridgehead atoms. The van der Waals surface area contributed by atoms with Crippen molar-refractivity contribution in [1.29, 1.82) is 0 Å². The lowest BCUT2D eigenvalue weighted by atomic mass is 9.90. The van der Waals surface area contributed by atoms with Gasteiger partial charge in [0.05, 0.1) is 5.60 Å². The summed E-state index contributed by atoms with van der Waals surface area (Å²) >= 11 is 0. The van der Waals surface area contributed by atoms with Crippen molar-refractivity contribution in [2.24, 2.45) is 0 Å². The van der Waals surface area contributed by atoms with Crippen LogP contribution >= 0.6 is 0 Å². The molecule has 2 aromatic carbocycles. The second-order valence-electron chi connectivity index (χ2n) is 7.09. The number of nitrogens with one attached hydrogen (secondary N) is 1. The Morgan fingerprint density at radius 3 is 2.54 bits per heavy atom. The molecule has 4 rings (SSSR count). The van der Waals surface area contributed by atoms with Gasteiger partial charge in [0.2, 0.25) is 5.91 Å². The number of benzene rings is 2. The van der Waals surface area contributed by atoms with Gasteiger partial charge in [-0.1, -0.05) is 30.3 Å². The maximum atomic E-state index is 11.3. The molecule has 0 aliphatic carbocycles. The molecule has 2 aliphatic heterocycles. The van der Waals surface area contributed by atoms with E-state index >= 15 is 0 Å². The van der Waals surface area contributed by atoms with Crippen molar-refractivity contribution in [3.8, 4) is 11.5 Å². The maximum absolute atomic E-state index is 11.3. The van der Waals surface area contributed by atoms with Crippen molar-refractivity contribution in [1.82, 2.24) is 10.2 Å². The largest absolute Gasteiger partial charge is 0.457 e. The Labute approximate surface area is 153 Å². The van der Waals surface area contributed by atoms with E-state index < -0.39 is 0 Å². The first-order valence-electron chi connectivity index (χ1n) is 9.16. The fraction of sp³-hybridized carbons (Fsp3) is 0.381. The molecular formula is C21H24N2O3. The van der Waals surface area contributed by atoms with Gasteiger partial charge in [0, 0.05) is 26.2 Å². The van der Waals surface area contributed by atoms with Gasteiger partial charge in [0.15, 0.2) is 0 Å². The lowest BCUT2D eigenvalue weighted by Crippen LogP contribution is -2.57. The average Bonchev–Trinajstić information content (AvgIpc) is 2.67. The van der Waals surface area contributed by atoms with Gasteiger partial charge in [0.1, 0.15) is 18.1 Å². The predicted octanol–water partition coefficient (Wildman–Crippen LogP) is 2.96. The van der Waals surface area contributed by atoms with Crippen LogP contribution in [0.15, 0.2) is 54.6 Å². The maximum Gasteiger partial charge on any atom is 0.246 e. The molecule has 1 N–H and O–H groups in total. The van der Waals surface area contributed by atoms with Crippen molar-refractivity contribution in [2.45, 2.75) is 25.0 Å². The fourth-order valence-electron chi connectivity index (χ4n) is 3.61. The number of hydrogen-bond acceptors (Lipinski definition) is 4. The van der Waals surface area contributed by atoms with Crippen LogP contribution in [-0.4, -0.2) is 42.6 Å². The number of ether oxygens (including phenoxy) is 2. The van der Waals surface area contributed by atoms with Crippen molar-refractivity contribution in [2.75, 3.05) is 26.2 Å². The van der Waals surface area contributed by atoms with Gasteiger partial charge in [-0.15, -0.1) is 0 Å². The quantitative estimate of drug-likeness (QED) is 0.919. The molecule has 2 aromatic rings. The first kappa shape index (κ1) is 17.1. The highest BCUT2D eigenvalue weighted by atomic mass is 16.5. The number of carbonyl (C=O) groups is 1. The van der Waals surface area contributed by atoms with Crippen molar-refractivity contribution in [3.05, 3.63) is 60.2 Å². The van der Waals surface area contributed by atoms with E-state index in [2.05, 4.69) is 22.3 Å². The first-order chi connectivity index (χ1) is 12.7. The fourth-order valence-corrected chi connectivity index (χ4v) is 3.61. The van der Waals surface area contributed by atoms with Gasteiger partial charge in [-0.3, -0.25) is 9.69 Å². The minimum absolute atomic E-state index is 0.00622. The number of nitrogens with zero attached hydrogens (tertiary/aromatic N) is 1. The molecule has 2 fully saturated rings. The summed E-state index contributed by atoms with van der Waals surface area (Å²) in [4.78, 5) is 13.7. The summed E-state index contributed by atoms with van der Waals surface area (Å²) in [5.41, 5.74) is 1.08. The van der Waals surface area contributed by atoms with Crippen LogP contribution in [0.2, 0.25) is 0 Å². The number of piperidine rings is 1. The van der Waals surface area contributed by atoms with E-state index in [0.29, 0.717) is 6.54 Å². The van der Waals surface area contributed by atoms with E-state index in [4.69, 9.17) is 9.47 Å². The zero-order chi connectivity index (χ0) is 17.8. The van der Waals surface area contributed by atoms with E-state index in [-0.39, 0.29) is 18.1 Å². The summed E-state index contributed by atoms with van der Waals surface area (Å²) in [5, 5.41) is 2.94. The highest BCUT2D eigenvalue weighted by Crippen LogP contribution is 2.29. The van der Waals surface area contributed by atoms with Gasteiger partial charge in [0.25, 0.3) is 0 Å². The monoisotopic (exact) mass is 352 g/mol. The Morgan fingerprint density at radius 1 is 1.04 bits per heavy atom. The summed E-state index contributed by atoms with van der Waals surface area (Å²) in [6.45, 7) is 3.67. The number of amides is 1. The highest BCUT2D eigenvalue weighted by Gasteiger charge is 2.38. The standard InChI is InChI=1S/C21H24N2O3/c24-20-15-25-21(16-22-20)9-11-23(12-10-21)14-17-5-4-8-19(13-17)26-18-6-2-1-3-7-18/h1-8,13H,9-12,14-16H2,(H,22,24).